The van der Waals surface area contributed by atoms with Crippen molar-refractivity contribution >= 4 is 0 Å². The number of ether oxygens (including phenoxy) is 2. The summed E-state index contributed by atoms with van der Waals surface area (Å²) in [5.41, 5.74) is 0.674. The number of hydrogen-bond donors (Lipinski definition) is 1. The van der Waals surface area contributed by atoms with Crippen molar-refractivity contribution in [1.82, 2.24) is 9.78 Å². The number of rotatable bonds is 3. The van der Waals surface area contributed by atoms with Gasteiger partial charge in [0.1, 0.15) is 11.6 Å². The molecule has 1 aromatic carbocycles. The summed E-state index contributed by atoms with van der Waals surface area (Å²) in [6.45, 7) is 1.21. The van der Waals surface area contributed by atoms with Crippen molar-refractivity contribution in [2.45, 2.75) is 12.8 Å². The lowest BCUT2D eigenvalue weighted by atomic mass is 10.1. The van der Waals surface area contributed by atoms with Crippen molar-refractivity contribution in [2.24, 2.45) is 0 Å². The highest BCUT2D eigenvalue weighted by atomic mass is 19.1. The number of benzene rings is 1. The fourth-order valence-corrected chi connectivity index (χ4v) is 2.13. The van der Waals surface area contributed by atoms with Crippen LogP contribution in [-0.4, -0.2) is 34.4 Å². The minimum Gasteiger partial charge on any atom is -0.492 e. The van der Waals surface area contributed by atoms with E-state index in [1.54, 1.807) is 0 Å². The Bertz CT molecular complexity index is 604. The van der Waals surface area contributed by atoms with Crippen LogP contribution in [-0.2, 0) is 16.0 Å². The molecule has 0 saturated carbocycles. The van der Waals surface area contributed by atoms with Crippen LogP contribution >= 0.6 is 0 Å². The molecule has 1 aliphatic rings. The second kappa shape index (κ2) is 5.18. The average molecular weight is 282 g/mol. The van der Waals surface area contributed by atoms with Gasteiger partial charge in [0.2, 0.25) is 5.88 Å². The average Bonchev–Trinajstić information content (AvgIpc) is 2.98. The Labute approximate surface area is 113 Å². The van der Waals surface area contributed by atoms with Crippen LogP contribution in [0.3, 0.4) is 0 Å². The molecule has 0 amide bonds. The zero-order chi connectivity index (χ0) is 14.1. The summed E-state index contributed by atoms with van der Waals surface area (Å²) >= 11 is 0. The molecular weight excluding hydrogens is 270 g/mol. The van der Waals surface area contributed by atoms with Crippen molar-refractivity contribution in [2.75, 3.05) is 13.2 Å². The predicted octanol–water partition coefficient (Wildman–Crippen LogP) is 1.91. The summed E-state index contributed by atoms with van der Waals surface area (Å²) < 4.78 is 38.5. The summed E-state index contributed by atoms with van der Waals surface area (Å²) in [4.78, 5) is 0. The number of nitrogens with zero attached hydrogens (tertiary/aromatic N) is 2. The third-order valence-electron chi connectivity index (χ3n) is 2.94. The molecule has 1 saturated heterocycles. The van der Waals surface area contributed by atoms with Gasteiger partial charge in [0.15, 0.2) is 6.29 Å². The molecule has 1 fully saturated rings. The summed E-state index contributed by atoms with van der Waals surface area (Å²) in [6, 6.07) is 4.47. The minimum absolute atomic E-state index is 0.230. The zero-order valence-electron chi connectivity index (χ0n) is 10.4. The van der Waals surface area contributed by atoms with E-state index < -0.39 is 17.9 Å². The molecule has 1 aromatic heterocycles. The molecule has 0 atom stereocenters. The first-order valence-corrected chi connectivity index (χ1v) is 6.08. The Morgan fingerprint density at radius 2 is 1.80 bits per heavy atom. The summed E-state index contributed by atoms with van der Waals surface area (Å²) in [5, 5.41) is 13.4. The minimum atomic E-state index is -0.694. The lowest BCUT2D eigenvalue weighted by Gasteiger charge is -2.12. The van der Waals surface area contributed by atoms with Crippen LogP contribution in [0.25, 0.3) is 11.3 Å². The van der Waals surface area contributed by atoms with E-state index in [9.17, 15) is 13.9 Å². The maximum atomic E-state index is 13.3. The second-order valence-electron chi connectivity index (χ2n) is 4.40. The Balaban J connectivity index is 1.95. The number of hydrogen-bond acceptors (Lipinski definition) is 4. The smallest absolute Gasteiger partial charge is 0.230 e. The van der Waals surface area contributed by atoms with Crippen LogP contribution < -0.4 is 0 Å². The van der Waals surface area contributed by atoms with Gasteiger partial charge in [0.05, 0.1) is 25.5 Å². The normalized spacial score (nSPS) is 15.9. The second-order valence-corrected chi connectivity index (χ2v) is 4.40. The Kier molecular flexibility index (Phi) is 3.37. The zero-order valence-corrected chi connectivity index (χ0v) is 10.4. The van der Waals surface area contributed by atoms with Gasteiger partial charge in [-0.1, -0.05) is 0 Å². The van der Waals surface area contributed by atoms with Crippen LogP contribution in [0.1, 0.15) is 0 Å². The first-order chi connectivity index (χ1) is 9.61. The molecule has 1 N–H and O–H groups in total. The van der Waals surface area contributed by atoms with Gasteiger partial charge in [0, 0.05) is 17.7 Å². The van der Waals surface area contributed by atoms with Gasteiger partial charge >= 0.3 is 0 Å². The first kappa shape index (κ1) is 13.0. The maximum Gasteiger partial charge on any atom is 0.230 e. The topological polar surface area (TPSA) is 56.5 Å². The van der Waals surface area contributed by atoms with E-state index in [1.165, 1.54) is 22.9 Å². The van der Waals surface area contributed by atoms with Gasteiger partial charge in [-0.05, 0) is 12.1 Å². The fourth-order valence-electron chi connectivity index (χ4n) is 2.13. The van der Waals surface area contributed by atoms with Gasteiger partial charge in [-0.25, -0.2) is 8.78 Å². The van der Waals surface area contributed by atoms with Crippen molar-refractivity contribution in [1.29, 1.82) is 0 Å². The van der Waals surface area contributed by atoms with Gasteiger partial charge in [-0.15, -0.1) is 5.10 Å². The lowest BCUT2D eigenvalue weighted by molar-refractivity contribution is -0.0543. The Morgan fingerprint density at radius 3 is 2.45 bits per heavy atom. The Morgan fingerprint density at radius 1 is 1.15 bits per heavy atom. The largest absolute Gasteiger partial charge is 0.492 e. The quantitative estimate of drug-likeness (QED) is 0.934. The molecule has 0 spiro atoms. The standard InChI is InChI=1S/C13H12F2N2O3/c14-9-3-8(4-10(15)5-9)11-6-12(18)16-17(11)7-13-19-1-2-20-13/h3-6,13H,1-2,7H2,(H,16,18). The van der Waals surface area contributed by atoms with Gasteiger partial charge in [-0.2, -0.15) is 0 Å². The van der Waals surface area contributed by atoms with E-state index in [1.807, 2.05) is 0 Å². The summed E-state index contributed by atoms with van der Waals surface area (Å²) in [5.74, 6) is -1.62. The maximum absolute atomic E-state index is 13.3. The molecule has 0 radical (unpaired) electrons. The van der Waals surface area contributed by atoms with Crippen LogP contribution in [0.15, 0.2) is 24.3 Å². The first-order valence-electron chi connectivity index (χ1n) is 6.08. The highest BCUT2D eigenvalue weighted by molar-refractivity contribution is 5.61. The molecule has 2 heterocycles. The van der Waals surface area contributed by atoms with E-state index in [4.69, 9.17) is 9.47 Å². The van der Waals surface area contributed by atoms with Gasteiger partial charge in [0.25, 0.3) is 0 Å². The fraction of sp³-hybridized carbons (Fsp3) is 0.308. The van der Waals surface area contributed by atoms with E-state index in [-0.39, 0.29) is 18.0 Å². The van der Waals surface area contributed by atoms with E-state index in [0.29, 0.717) is 18.9 Å². The molecule has 3 rings (SSSR count). The monoisotopic (exact) mass is 282 g/mol. The molecule has 2 aromatic rings. The highest BCUT2D eigenvalue weighted by Gasteiger charge is 2.20. The molecule has 7 heteroatoms. The van der Waals surface area contributed by atoms with E-state index in [2.05, 4.69) is 5.10 Å². The molecule has 1 aliphatic heterocycles. The SMILES string of the molecule is Oc1cc(-c2cc(F)cc(F)c2)n(CC2OCCO2)n1. The van der Waals surface area contributed by atoms with Crippen LogP contribution in [0, 0.1) is 11.6 Å². The molecule has 0 bridgehead atoms. The van der Waals surface area contributed by atoms with Crippen molar-refractivity contribution < 1.29 is 23.4 Å². The van der Waals surface area contributed by atoms with Gasteiger partial charge in [-0.3, -0.25) is 4.68 Å². The third-order valence-corrected chi connectivity index (χ3v) is 2.94. The number of aromatic nitrogens is 2. The Hall–Kier alpha value is -1.99. The van der Waals surface area contributed by atoms with Crippen LogP contribution in [0.4, 0.5) is 8.78 Å². The molecule has 5 nitrogen and oxygen atoms in total. The van der Waals surface area contributed by atoms with E-state index in [0.717, 1.165) is 6.07 Å². The molecule has 0 unspecified atom stereocenters. The number of aromatic hydroxyl groups is 1. The van der Waals surface area contributed by atoms with Crippen molar-refractivity contribution in [3.8, 4) is 17.1 Å². The molecule has 0 aliphatic carbocycles. The van der Waals surface area contributed by atoms with Crippen LogP contribution in [0.5, 0.6) is 5.88 Å². The summed E-state index contributed by atoms with van der Waals surface area (Å²) in [7, 11) is 0. The highest BCUT2D eigenvalue weighted by Crippen LogP contribution is 2.26. The molecular formula is C13H12F2N2O3. The molecule has 106 valence electrons. The number of halogens is 2. The van der Waals surface area contributed by atoms with Crippen molar-refractivity contribution in [3.63, 3.8) is 0 Å². The van der Waals surface area contributed by atoms with Crippen LogP contribution in [0.2, 0.25) is 0 Å². The van der Waals surface area contributed by atoms with Crippen molar-refractivity contribution in [3.05, 3.63) is 35.9 Å². The van der Waals surface area contributed by atoms with Gasteiger partial charge < -0.3 is 14.6 Å². The third kappa shape index (κ3) is 2.63. The van der Waals surface area contributed by atoms with E-state index >= 15 is 0 Å². The lowest BCUT2D eigenvalue weighted by Crippen LogP contribution is -2.18. The molecule has 20 heavy (non-hydrogen) atoms. The summed E-state index contributed by atoms with van der Waals surface area (Å²) in [6.07, 6.45) is -0.480. The predicted molar refractivity (Wildman–Crippen MR) is 64.9 cm³/mol.